The maximum Gasteiger partial charge on any atom is 0.374 e. The van der Waals surface area contributed by atoms with Crippen LogP contribution in [0.25, 0.3) is 11.0 Å². The second-order valence-corrected chi connectivity index (χ2v) is 6.56. The van der Waals surface area contributed by atoms with E-state index >= 15 is 0 Å². The number of esters is 2. The van der Waals surface area contributed by atoms with E-state index in [1.165, 1.54) is 25.1 Å². The van der Waals surface area contributed by atoms with Gasteiger partial charge in [-0.15, -0.1) is 0 Å². The normalized spacial score (nSPS) is 10.9. The van der Waals surface area contributed by atoms with Crippen LogP contribution in [0.2, 0.25) is 0 Å². The molecule has 0 aliphatic rings. The molecule has 0 saturated heterocycles. The van der Waals surface area contributed by atoms with Crippen molar-refractivity contribution in [3.63, 3.8) is 0 Å². The fourth-order valence-electron chi connectivity index (χ4n) is 2.73. The molecule has 2 heterocycles. The molecule has 0 radical (unpaired) electrons. The molecule has 1 aromatic carbocycles. The predicted molar refractivity (Wildman–Crippen MR) is 101 cm³/mol. The Kier molecular flexibility index (Phi) is 5.85. The molecule has 3 aromatic rings. The molecule has 0 spiro atoms. The van der Waals surface area contributed by atoms with E-state index in [1.807, 2.05) is 13.0 Å². The molecule has 0 amide bonds. The van der Waals surface area contributed by atoms with Gasteiger partial charge < -0.3 is 18.5 Å². The molecule has 0 atom stereocenters. The average molecular weight is 388 g/mol. The number of nitrogens with zero attached hydrogens (tertiary/aromatic N) is 2. The van der Waals surface area contributed by atoms with Gasteiger partial charge in [-0.05, 0) is 38.1 Å². The number of thioether (sulfide) groups is 1. The zero-order valence-electron chi connectivity index (χ0n) is 15.4. The van der Waals surface area contributed by atoms with Crippen molar-refractivity contribution in [2.75, 3.05) is 13.7 Å². The number of aromatic nitrogens is 2. The molecular weight excluding hydrogens is 368 g/mol. The van der Waals surface area contributed by atoms with Crippen LogP contribution in [0.15, 0.2) is 40.1 Å². The zero-order valence-corrected chi connectivity index (χ0v) is 16.2. The van der Waals surface area contributed by atoms with Gasteiger partial charge in [0.1, 0.15) is 0 Å². The highest BCUT2D eigenvalue weighted by Crippen LogP contribution is 2.29. The minimum absolute atomic E-state index is 0.203. The van der Waals surface area contributed by atoms with E-state index < -0.39 is 5.97 Å². The Morgan fingerprint density at radius 3 is 2.74 bits per heavy atom. The van der Waals surface area contributed by atoms with E-state index in [0.29, 0.717) is 17.9 Å². The summed E-state index contributed by atoms with van der Waals surface area (Å²) in [6.45, 7) is 4.86. The van der Waals surface area contributed by atoms with Gasteiger partial charge in [-0.25, -0.2) is 14.6 Å². The van der Waals surface area contributed by atoms with Gasteiger partial charge in [-0.1, -0.05) is 11.8 Å². The largest absolute Gasteiger partial charge is 0.463 e. The maximum absolute atomic E-state index is 11.9. The Balaban J connectivity index is 1.87. The highest BCUT2D eigenvalue weighted by Gasteiger charge is 2.18. The number of aryl methyl sites for hydroxylation is 1. The van der Waals surface area contributed by atoms with Crippen LogP contribution in [-0.4, -0.2) is 35.2 Å². The monoisotopic (exact) mass is 388 g/mol. The quantitative estimate of drug-likeness (QED) is 0.448. The number of ether oxygens (including phenoxy) is 2. The molecule has 3 rings (SSSR count). The summed E-state index contributed by atoms with van der Waals surface area (Å²) in [4.78, 5) is 28.3. The lowest BCUT2D eigenvalue weighted by Crippen LogP contribution is -2.04. The van der Waals surface area contributed by atoms with Gasteiger partial charge in [0.2, 0.25) is 5.76 Å². The molecule has 8 heteroatoms. The minimum Gasteiger partial charge on any atom is -0.463 e. The SMILES string of the molecule is CCOC(=O)c1ccc2c(c1)nc(SCc1ccoc1C(=O)OC)n2CC. The lowest BCUT2D eigenvalue weighted by atomic mass is 10.2. The van der Waals surface area contributed by atoms with Crippen LogP contribution in [0.1, 0.15) is 40.3 Å². The number of hydrogen-bond donors (Lipinski definition) is 0. The van der Waals surface area contributed by atoms with E-state index in [4.69, 9.17) is 13.9 Å². The molecule has 142 valence electrons. The number of furan rings is 1. The van der Waals surface area contributed by atoms with Crippen molar-refractivity contribution in [1.29, 1.82) is 0 Å². The first-order valence-corrected chi connectivity index (χ1v) is 9.52. The number of fused-ring (bicyclic) bond motifs is 1. The molecule has 0 N–H and O–H groups in total. The molecule has 27 heavy (non-hydrogen) atoms. The molecule has 0 unspecified atom stereocenters. The fourth-order valence-corrected chi connectivity index (χ4v) is 3.79. The average Bonchev–Trinajstić information content (AvgIpc) is 3.28. The lowest BCUT2D eigenvalue weighted by Gasteiger charge is -2.06. The standard InChI is InChI=1S/C19H20N2O5S/c1-4-21-15-7-6-12(17(22)25-5-2)10-14(15)20-19(21)27-11-13-8-9-26-16(13)18(23)24-3/h6-10H,4-5,11H2,1-3H3. The van der Waals surface area contributed by atoms with Gasteiger partial charge in [0.05, 0.1) is 36.6 Å². The number of carbonyl (C=O) groups is 2. The molecule has 7 nitrogen and oxygen atoms in total. The van der Waals surface area contributed by atoms with Crippen LogP contribution in [0.3, 0.4) is 0 Å². The van der Waals surface area contributed by atoms with Crippen LogP contribution in [0.5, 0.6) is 0 Å². The van der Waals surface area contributed by atoms with E-state index in [0.717, 1.165) is 28.3 Å². The molecule has 0 saturated carbocycles. The Hall–Kier alpha value is -2.74. The molecule has 2 aromatic heterocycles. The Bertz CT molecular complexity index is 976. The van der Waals surface area contributed by atoms with Gasteiger partial charge in [0.25, 0.3) is 0 Å². The Labute approximate surface area is 160 Å². The fraction of sp³-hybridized carbons (Fsp3) is 0.316. The topological polar surface area (TPSA) is 83.6 Å². The first-order chi connectivity index (χ1) is 13.1. The van der Waals surface area contributed by atoms with Crippen molar-refractivity contribution in [3.8, 4) is 0 Å². The second-order valence-electron chi connectivity index (χ2n) is 5.62. The third-order valence-electron chi connectivity index (χ3n) is 4.01. The van der Waals surface area contributed by atoms with Gasteiger partial charge in [-0.2, -0.15) is 0 Å². The Morgan fingerprint density at radius 2 is 2.04 bits per heavy atom. The number of benzene rings is 1. The van der Waals surface area contributed by atoms with Crippen LogP contribution < -0.4 is 0 Å². The Morgan fingerprint density at radius 1 is 1.22 bits per heavy atom. The summed E-state index contributed by atoms with van der Waals surface area (Å²) >= 11 is 1.49. The summed E-state index contributed by atoms with van der Waals surface area (Å²) in [5, 5.41) is 0.797. The summed E-state index contributed by atoms with van der Waals surface area (Å²) < 4.78 is 17.1. The first kappa shape index (κ1) is 19.0. The number of rotatable bonds is 7. The maximum atomic E-state index is 11.9. The minimum atomic E-state index is -0.501. The predicted octanol–water partition coefficient (Wildman–Crippen LogP) is 3.90. The summed E-state index contributed by atoms with van der Waals surface area (Å²) in [7, 11) is 1.32. The third-order valence-corrected chi connectivity index (χ3v) is 5.04. The molecule has 0 bridgehead atoms. The van der Waals surface area contributed by atoms with Gasteiger partial charge in [-0.3, -0.25) is 0 Å². The van der Waals surface area contributed by atoms with Crippen molar-refractivity contribution < 1.29 is 23.5 Å². The van der Waals surface area contributed by atoms with Gasteiger partial charge in [0, 0.05) is 17.9 Å². The van der Waals surface area contributed by atoms with Crippen molar-refractivity contribution >= 4 is 34.7 Å². The number of methoxy groups -OCH3 is 1. The van der Waals surface area contributed by atoms with Gasteiger partial charge in [0.15, 0.2) is 5.16 Å². The van der Waals surface area contributed by atoms with Crippen molar-refractivity contribution in [3.05, 3.63) is 47.4 Å². The van der Waals surface area contributed by atoms with Crippen molar-refractivity contribution in [2.45, 2.75) is 31.3 Å². The summed E-state index contributed by atoms with van der Waals surface area (Å²) in [5.74, 6) is -0.150. The van der Waals surface area contributed by atoms with Crippen LogP contribution >= 0.6 is 11.8 Å². The van der Waals surface area contributed by atoms with Crippen molar-refractivity contribution in [2.24, 2.45) is 0 Å². The van der Waals surface area contributed by atoms with Gasteiger partial charge >= 0.3 is 11.9 Å². The smallest absolute Gasteiger partial charge is 0.374 e. The number of carbonyl (C=O) groups excluding carboxylic acids is 2. The number of hydrogen-bond acceptors (Lipinski definition) is 7. The van der Waals surface area contributed by atoms with Crippen LogP contribution in [0.4, 0.5) is 0 Å². The van der Waals surface area contributed by atoms with Crippen LogP contribution in [0, 0.1) is 0 Å². The highest BCUT2D eigenvalue weighted by atomic mass is 32.2. The van der Waals surface area contributed by atoms with E-state index in [1.54, 1.807) is 25.1 Å². The molecular formula is C19H20N2O5S. The second kappa shape index (κ2) is 8.30. The number of imidazole rings is 1. The third kappa shape index (κ3) is 3.85. The van der Waals surface area contributed by atoms with E-state index in [2.05, 4.69) is 9.55 Å². The lowest BCUT2D eigenvalue weighted by molar-refractivity contribution is 0.0524. The summed E-state index contributed by atoms with van der Waals surface area (Å²) in [6, 6.07) is 7.10. The summed E-state index contributed by atoms with van der Waals surface area (Å²) in [5.41, 5.74) is 2.89. The molecule has 0 fully saturated rings. The zero-order chi connectivity index (χ0) is 19.4. The highest BCUT2D eigenvalue weighted by molar-refractivity contribution is 7.98. The van der Waals surface area contributed by atoms with E-state index in [-0.39, 0.29) is 11.7 Å². The summed E-state index contributed by atoms with van der Waals surface area (Å²) in [6.07, 6.45) is 1.47. The molecule has 0 aliphatic heterocycles. The van der Waals surface area contributed by atoms with Crippen molar-refractivity contribution in [1.82, 2.24) is 9.55 Å². The molecule has 0 aliphatic carbocycles. The van der Waals surface area contributed by atoms with E-state index in [9.17, 15) is 9.59 Å². The first-order valence-electron chi connectivity index (χ1n) is 8.53. The van der Waals surface area contributed by atoms with Crippen LogP contribution in [-0.2, 0) is 21.8 Å².